The van der Waals surface area contributed by atoms with Gasteiger partial charge in [0.05, 0.1) is 6.04 Å². The van der Waals surface area contributed by atoms with E-state index in [0.717, 1.165) is 45.1 Å². The average Bonchev–Trinajstić information content (AvgIpc) is 2.39. The first kappa shape index (κ1) is 16.0. The minimum Gasteiger partial charge on any atom is -0.369 e. The lowest BCUT2D eigenvalue weighted by atomic mass is 9.85. The molecule has 0 spiro atoms. The predicted octanol–water partition coefficient (Wildman–Crippen LogP) is 0.925. The number of nitrogens with two attached hydrogens (primary N) is 1. The van der Waals surface area contributed by atoms with Crippen LogP contribution in [0.4, 0.5) is 0 Å². The summed E-state index contributed by atoms with van der Waals surface area (Å²) in [6, 6.07) is 0.148. The number of carbonyl (C=O) groups excluding carboxylic acids is 2. The van der Waals surface area contributed by atoms with Crippen LogP contribution in [0.15, 0.2) is 0 Å². The minimum atomic E-state index is -0.191. The van der Waals surface area contributed by atoms with Crippen molar-refractivity contribution in [1.82, 2.24) is 10.6 Å². The summed E-state index contributed by atoms with van der Waals surface area (Å²) in [4.78, 5) is 22.9. The molecule has 0 aliphatic heterocycles. The summed E-state index contributed by atoms with van der Waals surface area (Å²) >= 11 is 0. The molecule has 1 aliphatic carbocycles. The summed E-state index contributed by atoms with van der Waals surface area (Å²) in [6.07, 6.45) is 5.59. The van der Waals surface area contributed by atoms with Gasteiger partial charge in [0.15, 0.2) is 0 Å². The first-order chi connectivity index (χ1) is 9.04. The fraction of sp³-hybridized carbons (Fsp3) is 0.857. The Morgan fingerprint density at radius 2 is 1.89 bits per heavy atom. The molecule has 1 aliphatic rings. The summed E-state index contributed by atoms with van der Waals surface area (Å²) in [5, 5.41) is 6.27. The van der Waals surface area contributed by atoms with E-state index >= 15 is 0 Å². The zero-order chi connectivity index (χ0) is 14.3. The summed E-state index contributed by atoms with van der Waals surface area (Å²) < 4.78 is 0. The third-order valence-corrected chi connectivity index (χ3v) is 3.84. The fourth-order valence-electron chi connectivity index (χ4n) is 2.52. The Kier molecular flexibility index (Phi) is 6.84. The van der Waals surface area contributed by atoms with Crippen molar-refractivity contribution in [3.63, 3.8) is 0 Å². The summed E-state index contributed by atoms with van der Waals surface area (Å²) in [6.45, 7) is 4.74. The monoisotopic (exact) mass is 269 g/mol. The number of hydrogen-bond donors (Lipinski definition) is 3. The van der Waals surface area contributed by atoms with E-state index < -0.39 is 0 Å². The van der Waals surface area contributed by atoms with Gasteiger partial charge in [0, 0.05) is 18.5 Å². The first-order valence-electron chi connectivity index (χ1n) is 7.37. The zero-order valence-electron chi connectivity index (χ0n) is 12.1. The van der Waals surface area contributed by atoms with Crippen LogP contribution in [-0.4, -0.2) is 30.4 Å². The van der Waals surface area contributed by atoms with Gasteiger partial charge < -0.3 is 16.4 Å². The smallest absolute Gasteiger partial charge is 0.236 e. The second-order valence-electron chi connectivity index (χ2n) is 5.48. The van der Waals surface area contributed by atoms with Gasteiger partial charge in [0.1, 0.15) is 0 Å². The lowest BCUT2D eigenvalue weighted by Crippen LogP contribution is -2.48. The largest absolute Gasteiger partial charge is 0.369 e. The molecule has 0 aromatic rings. The molecular formula is C14H27N3O2. The molecule has 0 aromatic carbocycles. The number of unbranched alkanes of at least 4 members (excludes halogenated alkanes) is 1. The van der Waals surface area contributed by atoms with Crippen LogP contribution in [0.2, 0.25) is 0 Å². The van der Waals surface area contributed by atoms with E-state index in [2.05, 4.69) is 17.6 Å². The van der Waals surface area contributed by atoms with Crippen molar-refractivity contribution in [3.05, 3.63) is 0 Å². The third kappa shape index (κ3) is 5.59. The maximum absolute atomic E-state index is 11.8. The van der Waals surface area contributed by atoms with Crippen LogP contribution in [-0.2, 0) is 9.59 Å². The number of nitrogens with one attached hydrogen (secondary N) is 2. The van der Waals surface area contributed by atoms with E-state index in [1.165, 1.54) is 0 Å². The molecule has 4 N–H and O–H groups in total. The summed E-state index contributed by atoms with van der Waals surface area (Å²) in [5.41, 5.74) is 5.31. The molecule has 5 nitrogen and oxygen atoms in total. The maximum Gasteiger partial charge on any atom is 0.236 e. The van der Waals surface area contributed by atoms with Crippen LogP contribution in [0.5, 0.6) is 0 Å². The highest BCUT2D eigenvalue weighted by Crippen LogP contribution is 2.24. The van der Waals surface area contributed by atoms with Gasteiger partial charge in [-0.25, -0.2) is 0 Å². The normalized spacial score (nSPS) is 24.7. The molecule has 2 amide bonds. The number of primary amides is 1. The lowest BCUT2D eigenvalue weighted by Gasteiger charge is -2.29. The van der Waals surface area contributed by atoms with Gasteiger partial charge in [0.25, 0.3) is 0 Å². The van der Waals surface area contributed by atoms with Crippen LogP contribution in [0.25, 0.3) is 0 Å². The lowest BCUT2D eigenvalue weighted by molar-refractivity contribution is -0.124. The fourth-order valence-corrected chi connectivity index (χ4v) is 2.52. The van der Waals surface area contributed by atoms with Crippen molar-refractivity contribution in [3.8, 4) is 0 Å². The van der Waals surface area contributed by atoms with Crippen molar-refractivity contribution < 1.29 is 9.59 Å². The van der Waals surface area contributed by atoms with E-state index in [1.807, 2.05) is 6.92 Å². The van der Waals surface area contributed by atoms with Crippen LogP contribution in [0.1, 0.15) is 52.4 Å². The molecular weight excluding hydrogens is 242 g/mol. The van der Waals surface area contributed by atoms with Crippen LogP contribution in [0.3, 0.4) is 0 Å². The van der Waals surface area contributed by atoms with Gasteiger partial charge in [-0.2, -0.15) is 0 Å². The summed E-state index contributed by atoms with van der Waals surface area (Å²) in [5.74, 6) is -0.110. The van der Waals surface area contributed by atoms with Crippen molar-refractivity contribution in [2.75, 3.05) is 6.54 Å². The second-order valence-corrected chi connectivity index (χ2v) is 5.48. The molecule has 19 heavy (non-hydrogen) atoms. The molecule has 0 heterocycles. The quantitative estimate of drug-likeness (QED) is 0.601. The first-order valence-corrected chi connectivity index (χ1v) is 7.37. The highest BCUT2D eigenvalue weighted by molar-refractivity contribution is 5.81. The Balaban J connectivity index is 2.24. The van der Waals surface area contributed by atoms with Gasteiger partial charge in [0.2, 0.25) is 11.8 Å². The third-order valence-electron chi connectivity index (χ3n) is 3.84. The number of rotatable bonds is 7. The molecule has 1 atom stereocenters. The summed E-state index contributed by atoms with van der Waals surface area (Å²) in [7, 11) is 0. The molecule has 0 saturated heterocycles. The minimum absolute atomic E-state index is 0.0201. The molecule has 110 valence electrons. The van der Waals surface area contributed by atoms with E-state index in [4.69, 9.17) is 5.73 Å². The van der Waals surface area contributed by atoms with Gasteiger partial charge in [-0.1, -0.05) is 13.3 Å². The SMILES string of the molecule is CCCCNC(=O)C(C)NC1CCC(C(N)=O)CC1. The van der Waals surface area contributed by atoms with Gasteiger partial charge in [-0.05, 0) is 39.0 Å². The number of carbonyl (C=O) groups is 2. The molecule has 1 rings (SSSR count). The van der Waals surface area contributed by atoms with Crippen LogP contribution >= 0.6 is 0 Å². The van der Waals surface area contributed by atoms with Crippen molar-refractivity contribution in [2.24, 2.45) is 11.7 Å². The second kappa shape index (κ2) is 8.15. The average molecular weight is 269 g/mol. The molecule has 1 saturated carbocycles. The Labute approximate surface area is 115 Å². The van der Waals surface area contributed by atoms with Crippen molar-refractivity contribution in [1.29, 1.82) is 0 Å². The Morgan fingerprint density at radius 3 is 2.42 bits per heavy atom. The Bertz CT molecular complexity index is 299. The maximum atomic E-state index is 11.8. The Hall–Kier alpha value is -1.10. The molecule has 5 heteroatoms. The van der Waals surface area contributed by atoms with E-state index in [1.54, 1.807) is 0 Å². The highest BCUT2D eigenvalue weighted by atomic mass is 16.2. The Morgan fingerprint density at radius 1 is 1.26 bits per heavy atom. The zero-order valence-corrected chi connectivity index (χ0v) is 12.1. The van der Waals surface area contributed by atoms with Crippen LogP contribution < -0.4 is 16.4 Å². The molecule has 0 radical (unpaired) electrons. The molecule has 1 fully saturated rings. The van der Waals surface area contributed by atoms with Gasteiger partial charge >= 0.3 is 0 Å². The number of hydrogen-bond acceptors (Lipinski definition) is 3. The standard InChI is InChI=1S/C14H27N3O2/c1-3-4-9-16-14(19)10(2)17-12-7-5-11(6-8-12)13(15)18/h10-12,17H,3-9H2,1-2H3,(H2,15,18)(H,16,19). The van der Waals surface area contributed by atoms with Gasteiger partial charge in [-0.15, -0.1) is 0 Å². The predicted molar refractivity (Wildman–Crippen MR) is 75.5 cm³/mol. The van der Waals surface area contributed by atoms with Crippen LogP contribution in [0, 0.1) is 5.92 Å². The molecule has 0 aromatic heterocycles. The van der Waals surface area contributed by atoms with E-state index in [-0.39, 0.29) is 23.8 Å². The van der Waals surface area contributed by atoms with Gasteiger partial charge in [-0.3, -0.25) is 9.59 Å². The molecule has 0 bridgehead atoms. The van der Waals surface area contributed by atoms with Crippen molar-refractivity contribution >= 4 is 11.8 Å². The highest BCUT2D eigenvalue weighted by Gasteiger charge is 2.26. The van der Waals surface area contributed by atoms with E-state index in [9.17, 15) is 9.59 Å². The number of amides is 2. The van der Waals surface area contributed by atoms with Crippen molar-refractivity contribution in [2.45, 2.75) is 64.5 Å². The topological polar surface area (TPSA) is 84.2 Å². The molecule has 1 unspecified atom stereocenters. The van der Waals surface area contributed by atoms with E-state index in [0.29, 0.717) is 6.04 Å².